The molecule has 1 aliphatic rings. The number of hydrogen-bond acceptors (Lipinski definition) is 3. The van der Waals surface area contributed by atoms with Crippen molar-refractivity contribution >= 4 is 0 Å². The first kappa shape index (κ1) is 11.5. The second-order valence-electron chi connectivity index (χ2n) is 4.89. The standard InChI is InChI=1S/C15H18N2O/c1-2-8-16-14(3-1)11-12-4-6-13(7-5-12)15-17-9-10-18-15/h4-7,9-10,14,16H,1-3,8,11H2. The van der Waals surface area contributed by atoms with Crippen LogP contribution < -0.4 is 5.32 Å². The molecule has 0 spiro atoms. The van der Waals surface area contributed by atoms with Crippen molar-refractivity contribution in [2.75, 3.05) is 6.54 Å². The molecule has 1 N–H and O–H groups in total. The van der Waals surface area contributed by atoms with E-state index in [9.17, 15) is 0 Å². The maximum absolute atomic E-state index is 5.29. The fraction of sp³-hybridized carbons (Fsp3) is 0.400. The zero-order valence-electron chi connectivity index (χ0n) is 10.4. The van der Waals surface area contributed by atoms with E-state index in [0.717, 1.165) is 12.0 Å². The van der Waals surface area contributed by atoms with Crippen LogP contribution in [0.1, 0.15) is 24.8 Å². The normalized spacial score (nSPS) is 19.9. The maximum atomic E-state index is 5.29. The van der Waals surface area contributed by atoms with E-state index in [2.05, 4.69) is 34.6 Å². The number of nitrogens with zero attached hydrogens (tertiary/aromatic N) is 1. The third-order valence-corrected chi connectivity index (χ3v) is 3.53. The molecule has 1 aliphatic heterocycles. The molecule has 1 unspecified atom stereocenters. The van der Waals surface area contributed by atoms with Crippen LogP contribution in [-0.2, 0) is 6.42 Å². The third-order valence-electron chi connectivity index (χ3n) is 3.53. The summed E-state index contributed by atoms with van der Waals surface area (Å²) in [5.41, 5.74) is 2.42. The van der Waals surface area contributed by atoms with Gasteiger partial charge in [-0.2, -0.15) is 0 Å². The molecule has 1 fully saturated rings. The Hall–Kier alpha value is -1.61. The number of aromatic nitrogens is 1. The van der Waals surface area contributed by atoms with Gasteiger partial charge in [0.15, 0.2) is 0 Å². The first-order valence-corrected chi connectivity index (χ1v) is 6.64. The van der Waals surface area contributed by atoms with Gasteiger partial charge in [0.1, 0.15) is 6.26 Å². The first-order chi connectivity index (χ1) is 8.92. The van der Waals surface area contributed by atoms with Crippen molar-refractivity contribution in [2.45, 2.75) is 31.7 Å². The summed E-state index contributed by atoms with van der Waals surface area (Å²) in [4.78, 5) is 4.15. The van der Waals surface area contributed by atoms with Crippen LogP contribution in [0.25, 0.3) is 11.5 Å². The van der Waals surface area contributed by atoms with Gasteiger partial charge >= 0.3 is 0 Å². The Kier molecular flexibility index (Phi) is 3.42. The summed E-state index contributed by atoms with van der Waals surface area (Å²) < 4.78 is 5.29. The van der Waals surface area contributed by atoms with Gasteiger partial charge < -0.3 is 9.73 Å². The summed E-state index contributed by atoms with van der Waals surface area (Å²) in [7, 11) is 0. The van der Waals surface area contributed by atoms with E-state index in [1.54, 1.807) is 12.5 Å². The van der Waals surface area contributed by atoms with Crippen LogP contribution in [0, 0.1) is 0 Å². The Labute approximate surface area is 107 Å². The summed E-state index contributed by atoms with van der Waals surface area (Å²) >= 11 is 0. The molecule has 2 heterocycles. The van der Waals surface area contributed by atoms with Crippen LogP contribution in [-0.4, -0.2) is 17.6 Å². The van der Waals surface area contributed by atoms with E-state index in [4.69, 9.17) is 4.42 Å². The zero-order chi connectivity index (χ0) is 12.2. The maximum Gasteiger partial charge on any atom is 0.225 e. The molecule has 3 heteroatoms. The zero-order valence-corrected chi connectivity index (χ0v) is 10.4. The molecule has 1 aromatic carbocycles. The summed E-state index contributed by atoms with van der Waals surface area (Å²) in [5.74, 6) is 0.692. The quantitative estimate of drug-likeness (QED) is 0.899. The van der Waals surface area contributed by atoms with E-state index in [1.165, 1.54) is 31.4 Å². The Morgan fingerprint density at radius 3 is 2.78 bits per heavy atom. The van der Waals surface area contributed by atoms with Gasteiger partial charge in [0.05, 0.1) is 6.20 Å². The summed E-state index contributed by atoms with van der Waals surface area (Å²) in [6.07, 6.45) is 8.36. The van der Waals surface area contributed by atoms with E-state index in [1.807, 2.05) is 0 Å². The molecule has 1 aromatic heterocycles. The minimum absolute atomic E-state index is 0.645. The van der Waals surface area contributed by atoms with Gasteiger partial charge in [-0.15, -0.1) is 0 Å². The van der Waals surface area contributed by atoms with Crippen LogP contribution in [0.15, 0.2) is 41.1 Å². The number of benzene rings is 1. The monoisotopic (exact) mass is 242 g/mol. The molecule has 18 heavy (non-hydrogen) atoms. The Balaban J connectivity index is 1.67. The molecule has 2 aromatic rings. The van der Waals surface area contributed by atoms with Crippen LogP contribution in [0.4, 0.5) is 0 Å². The molecule has 0 saturated carbocycles. The van der Waals surface area contributed by atoms with Crippen LogP contribution in [0.2, 0.25) is 0 Å². The van der Waals surface area contributed by atoms with E-state index >= 15 is 0 Å². The molecule has 0 aliphatic carbocycles. The van der Waals surface area contributed by atoms with Gasteiger partial charge in [-0.3, -0.25) is 0 Å². The van der Waals surface area contributed by atoms with Crippen molar-refractivity contribution in [1.82, 2.24) is 10.3 Å². The fourth-order valence-corrected chi connectivity index (χ4v) is 2.53. The largest absolute Gasteiger partial charge is 0.445 e. The van der Waals surface area contributed by atoms with Crippen molar-refractivity contribution in [2.24, 2.45) is 0 Å². The lowest BCUT2D eigenvalue weighted by atomic mass is 9.97. The number of rotatable bonds is 3. The fourth-order valence-electron chi connectivity index (χ4n) is 2.53. The van der Waals surface area contributed by atoms with Crippen molar-refractivity contribution in [1.29, 1.82) is 0 Å². The van der Waals surface area contributed by atoms with E-state index in [-0.39, 0.29) is 0 Å². The predicted octanol–water partition coefficient (Wildman–Crippen LogP) is 3.03. The summed E-state index contributed by atoms with van der Waals surface area (Å²) in [6.45, 7) is 1.17. The molecular weight excluding hydrogens is 224 g/mol. The average Bonchev–Trinajstić information content (AvgIpc) is 2.95. The minimum atomic E-state index is 0.645. The molecule has 94 valence electrons. The van der Waals surface area contributed by atoms with E-state index < -0.39 is 0 Å². The lowest BCUT2D eigenvalue weighted by Crippen LogP contribution is -2.35. The molecule has 0 bridgehead atoms. The molecular formula is C15H18N2O. The highest BCUT2D eigenvalue weighted by Gasteiger charge is 2.13. The summed E-state index contributed by atoms with van der Waals surface area (Å²) in [5, 5.41) is 3.58. The molecule has 0 radical (unpaired) electrons. The molecule has 1 atom stereocenters. The van der Waals surface area contributed by atoms with Crippen LogP contribution in [0.5, 0.6) is 0 Å². The number of hydrogen-bond donors (Lipinski definition) is 1. The van der Waals surface area contributed by atoms with Crippen molar-refractivity contribution < 1.29 is 4.42 Å². The highest BCUT2D eigenvalue weighted by atomic mass is 16.3. The Bertz CT molecular complexity index is 470. The van der Waals surface area contributed by atoms with Gasteiger partial charge in [-0.25, -0.2) is 4.98 Å². The lowest BCUT2D eigenvalue weighted by Gasteiger charge is -2.23. The van der Waals surface area contributed by atoms with Crippen molar-refractivity contribution in [3.05, 3.63) is 42.3 Å². The highest BCUT2D eigenvalue weighted by Crippen LogP contribution is 2.19. The van der Waals surface area contributed by atoms with Gasteiger partial charge in [-0.1, -0.05) is 18.6 Å². The average molecular weight is 242 g/mol. The van der Waals surface area contributed by atoms with E-state index in [0.29, 0.717) is 11.9 Å². The van der Waals surface area contributed by atoms with Crippen molar-refractivity contribution in [3.8, 4) is 11.5 Å². The highest BCUT2D eigenvalue weighted by molar-refractivity contribution is 5.53. The van der Waals surface area contributed by atoms with Gasteiger partial charge in [0.25, 0.3) is 0 Å². The van der Waals surface area contributed by atoms with Gasteiger partial charge in [0, 0.05) is 11.6 Å². The van der Waals surface area contributed by atoms with Crippen molar-refractivity contribution in [3.63, 3.8) is 0 Å². The Morgan fingerprint density at radius 1 is 1.22 bits per heavy atom. The summed E-state index contributed by atoms with van der Waals surface area (Å²) in [6, 6.07) is 9.17. The second kappa shape index (κ2) is 5.36. The number of nitrogens with one attached hydrogen (secondary N) is 1. The molecule has 1 saturated heterocycles. The molecule has 3 nitrogen and oxygen atoms in total. The predicted molar refractivity (Wildman–Crippen MR) is 71.3 cm³/mol. The Morgan fingerprint density at radius 2 is 2.11 bits per heavy atom. The van der Waals surface area contributed by atoms with Gasteiger partial charge in [0.2, 0.25) is 5.89 Å². The van der Waals surface area contributed by atoms with Gasteiger partial charge in [-0.05, 0) is 43.5 Å². The van der Waals surface area contributed by atoms with Crippen LogP contribution in [0.3, 0.4) is 0 Å². The second-order valence-corrected chi connectivity index (χ2v) is 4.89. The first-order valence-electron chi connectivity index (χ1n) is 6.64. The SMILES string of the molecule is c1coc(-c2ccc(CC3CCCCN3)cc2)n1. The number of oxazole rings is 1. The minimum Gasteiger partial charge on any atom is -0.445 e. The lowest BCUT2D eigenvalue weighted by molar-refractivity contribution is 0.399. The third kappa shape index (κ3) is 2.62. The molecule has 0 amide bonds. The smallest absolute Gasteiger partial charge is 0.225 e. The topological polar surface area (TPSA) is 38.1 Å². The molecule has 3 rings (SSSR count). The number of piperidine rings is 1. The van der Waals surface area contributed by atoms with Crippen LogP contribution >= 0.6 is 0 Å².